The third-order valence-corrected chi connectivity index (χ3v) is 1.79. The fourth-order valence-electron chi connectivity index (χ4n) is 1.09. The number of carbonyl (C=O) groups is 2. The van der Waals surface area contributed by atoms with Crippen LogP contribution in [0.4, 0.5) is 4.39 Å². The molecule has 0 saturated heterocycles. The molecule has 0 aromatic heterocycles. The topological polar surface area (TPSA) is 54.4 Å². The van der Waals surface area contributed by atoms with Crippen molar-refractivity contribution in [3.8, 4) is 0 Å². The molecule has 0 aliphatic rings. The van der Waals surface area contributed by atoms with Gasteiger partial charge in [0.25, 0.3) is 0 Å². The minimum Gasteiger partial charge on any atom is -0.475 e. The highest BCUT2D eigenvalue weighted by molar-refractivity contribution is 6.33. The molecule has 0 amide bonds. The smallest absolute Gasteiger partial charge is 0.372 e. The van der Waals surface area contributed by atoms with Crippen molar-refractivity contribution < 1.29 is 19.1 Å². The van der Waals surface area contributed by atoms with E-state index >= 15 is 0 Å². The Morgan fingerprint density at radius 1 is 1.43 bits per heavy atom. The summed E-state index contributed by atoms with van der Waals surface area (Å²) in [7, 11) is 0. The molecule has 74 valence electrons. The molecule has 0 aliphatic carbocycles. The SMILES string of the molecule is Cc1ccc(F)c(CC(=O)C(=O)O)c1. The van der Waals surface area contributed by atoms with Crippen LogP contribution in [0.3, 0.4) is 0 Å². The van der Waals surface area contributed by atoms with Gasteiger partial charge in [0.05, 0.1) is 0 Å². The minimum atomic E-state index is -1.54. The molecule has 0 heterocycles. The first-order valence-electron chi connectivity index (χ1n) is 4.02. The fourth-order valence-corrected chi connectivity index (χ4v) is 1.09. The molecular formula is C10H9FO3. The quantitative estimate of drug-likeness (QED) is 0.742. The van der Waals surface area contributed by atoms with Crippen molar-refractivity contribution in [2.75, 3.05) is 0 Å². The third-order valence-electron chi connectivity index (χ3n) is 1.79. The Hall–Kier alpha value is -1.71. The summed E-state index contributed by atoms with van der Waals surface area (Å²) in [5, 5.41) is 8.33. The van der Waals surface area contributed by atoms with E-state index in [2.05, 4.69) is 0 Å². The monoisotopic (exact) mass is 196 g/mol. The summed E-state index contributed by atoms with van der Waals surface area (Å²) in [6.07, 6.45) is -0.400. The number of hydrogen-bond donors (Lipinski definition) is 1. The molecule has 14 heavy (non-hydrogen) atoms. The number of aliphatic carboxylic acids is 1. The van der Waals surface area contributed by atoms with Gasteiger partial charge in [-0.3, -0.25) is 4.79 Å². The highest BCUT2D eigenvalue weighted by Gasteiger charge is 2.14. The molecule has 1 aromatic rings. The molecule has 1 N–H and O–H groups in total. The van der Waals surface area contributed by atoms with E-state index < -0.39 is 24.0 Å². The maximum absolute atomic E-state index is 13.0. The largest absolute Gasteiger partial charge is 0.475 e. The van der Waals surface area contributed by atoms with Gasteiger partial charge in [0.1, 0.15) is 5.82 Å². The summed E-state index contributed by atoms with van der Waals surface area (Å²) >= 11 is 0. The maximum Gasteiger partial charge on any atom is 0.372 e. The van der Waals surface area contributed by atoms with Gasteiger partial charge in [-0.15, -0.1) is 0 Å². The number of ketones is 1. The number of Topliss-reactive ketones (excluding diaryl/α,β-unsaturated/α-hetero) is 1. The van der Waals surface area contributed by atoms with E-state index in [1.165, 1.54) is 12.1 Å². The average Bonchev–Trinajstić information content (AvgIpc) is 2.11. The Morgan fingerprint density at radius 3 is 2.64 bits per heavy atom. The molecule has 0 atom stereocenters. The summed E-state index contributed by atoms with van der Waals surface area (Å²) < 4.78 is 13.0. The molecule has 0 radical (unpaired) electrons. The number of carbonyl (C=O) groups excluding carboxylic acids is 1. The van der Waals surface area contributed by atoms with Crippen molar-refractivity contribution in [2.45, 2.75) is 13.3 Å². The lowest BCUT2D eigenvalue weighted by Gasteiger charge is -2.01. The summed E-state index contributed by atoms with van der Waals surface area (Å²) in [5.41, 5.74) is 0.914. The van der Waals surface area contributed by atoms with E-state index in [4.69, 9.17) is 5.11 Å². The molecular weight excluding hydrogens is 187 g/mol. The Balaban J connectivity index is 2.91. The van der Waals surface area contributed by atoms with Gasteiger partial charge < -0.3 is 5.11 Å². The van der Waals surface area contributed by atoms with Crippen LogP contribution < -0.4 is 0 Å². The minimum absolute atomic E-state index is 0.123. The van der Waals surface area contributed by atoms with Gasteiger partial charge in [0, 0.05) is 6.42 Å². The van der Waals surface area contributed by atoms with Crippen LogP contribution in [-0.2, 0) is 16.0 Å². The predicted octanol–water partition coefficient (Wildman–Crippen LogP) is 1.33. The van der Waals surface area contributed by atoms with Crippen LogP contribution in [0.5, 0.6) is 0 Å². The van der Waals surface area contributed by atoms with Crippen molar-refractivity contribution >= 4 is 11.8 Å². The second-order valence-corrected chi connectivity index (χ2v) is 3.00. The predicted molar refractivity (Wildman–Crippen MR) is 47.5 cm³/mol. The molecule has 0 bridgehead atoms. The molecule has 0 aliphatic heterocycles. The van der Waals surface area contributed by atoms with Crippen molar-refractivity contribution in [1.29, 1.82) is 0 Å². The number of benzene rings is 1. The number of carboxylic acid groups (broad SMARTS) is 1. The number of aryl methyl sites for hydroxylation is 1. The lowest BCUT2D eigenvalue weighted by molar-refractivity contribution is -0.148. The van der Waals surface area contributed by atoms with E-state index in [-0.39, 0.29) is 5.56 Å². The van der Waals surface area contributed by atoms with Crippen molar-refractivity contribution in [3.05, 3.63) is 35.1 Å². The first kappa shape index (κ1) is 10.4. The van der Waals surface area contributed by atoms with E-state index in [1.54, 1.807) is 13.0 Å². The summed E-state index contributed by atoms with van der Waals surface area (Å²) in [5.74, 6) is -3.09. The van der Waals surface area contributed by atoms with Crippen molar-refractivity contribution in [3.63, 3.8) is 0 Å². The molecule has 1 aromatic carbocycles. The summed E-state index contributed by atoms with van der Waals surface area (Å²) in [6, 6.07) is 4.25. The molecule has 1 rings (SSSR count). The van der Waals surface area contributed by atoms with Gasteiger partial charge in [-0.05, 0) is 18.6 Å². The Labute approximate surface area is 80.2 Å². The molecule has 3 nitrogen and oxygen atoms in total. The first-order chi connectivity index (χ1) is 6.50. The number of rotatable bonds is 3. The third kappa shape index (κ3) is 2.39. The number of halogens is 1. The van der Waals surface area contributed by atoms with Crippen LogP contribution in [-0.4, -0.2) is 16.9 Å². The van der Waals surface area contributed by atoms with Crippen molar-refractivity contribution in [1.82, 2.24) is 0 Å². The lowest BCUT2D eigenvalue weighted by atomic mass is 10.1. The van der Waals surface area contributed by atoms with Crippen LogP contribution in [0, 0.1) is 12.7 Å². The summed E-state index contributed by atoms with van der Waals surface area (Å²) in [4.78, 5) is 21.0. The Morgan fingerprint density at radius 2 is 2.07 bits per heavy atom. The van der Waals surface area contributed by atoms with Crippen LogP contribution in [0.15, 0.2) is 18.2 Å². The van der Waals surface area contributed by atoms with Gasteiger partial charge in [0.15, 0.2) is 0 Å². The van der Waals surface area contributed by atoms with E-state index in [1.807, 2.05) is 0 Å². The molecule has 0 unspecified atom stereocenters. The maximum atomic E-state index is 13.0. The second kappa shape index (κ2) is 4.00. The van der Waals surface area contributed by atoms with Crippen LogP contribution in [0.2, 0.25) is 0 Å². The second-order valence-electron chi connectivity index (χ2n) is 3.00. The number of carboxylic acids is 1. The van der Waals surface area contributed by atoms with E-state index in [9.17, 15) is 14.0 Å². The zero-order chi connectivity index (χ0) is 10.7. The highest BCUT2D eigenvalue weighted by atomic mass is 19.1. The van der Waals surface area contributed by atoms with Gasteiger partial charge in [-0.2, -0.15) is 0 Å². The van der Waals surface area contributed by atoms with E-state index in [0.29, 0.717) is 0 Å². The Bertz CT molecular complexity index is 385. The molecule has 0 fully saturated rings. The van der Waals surface area contributed by atoms with Crippen LogP contribution >= 0.6 is 0 Å². The van der Waals surface area contributed by atoms with Gasteiger partial charge in [0.2, 0.25) is 5.78 Å². The van der Waals surface area contributed by atoms with Gasteiger partial charge >= 0.3 is 5.97 Å². The zero-order valence-electron chi connectivity index (χ0n) is 7.58. The van der Waals surface area contributed by atoms with Gasteiger partial charge in [-0.25, -0.2) is 9.18 Å². The average molecular weight is 196 g/mol. The summed E-state index contributed by atoms with van der Waals surface area (Å²) in [6.45, 7) is 1.74. The standard InChI is InChI=1S/C10H9FO3/c1-6-2-3-8(11)7(4-6)5-9(12)10(13)14/h2-4H,5H2,1H3,(H,13,14). The van der Waals surface area contributed by atoms with E-state index in [0.717, 1.165) is 5.56 Å². The zero-order valence-corrected chi connectivity index (χ0v) is 7.58. The lowest BCUT2D eigenvalue weighted by Crippen LogP contribution is -2.15. The fraction of sp³-hybridized carbons (Fsp3) is 0.200. The Kier molecular flexibility index (Phi) is 2.96. The molecule has 0 saturated carbocycles. The molecule has 4 heteroatoms. The van der Waals surface area contributed by atoms with Crippen molar-refractivity contribution in [2.24, 2.45) is 0 Å². The first-order valence-corrected chi connectivity index (χ1v) is 4.02. The normalized spacial score (nSPS) is 9.86. The number of hydrogen-bond acceptors (Lipinski definition) is 2. The van der Waals surface area contributed by atoms with Crippen LogP contribution in [0.25, 0.3) is 0 Å². The van der Waals surface area contributed by atoms with Crippen LogP contribution in [0.1, 0.15) is 11.1 Å². The molecule has 0 spiro atoms. The van der Waals surface area contributed by atoms with Gasteiger partial charge in [-0.1, -0.05) is 17.7 Å². The highest BCUT2D eigenvalue weighted by Crippen LogP contribution is 2.10.